The molecule has 2 heteroatoms. The second-order valence-corrected chi connectivity index (χ2v) is 1.33. The van der Waals surface area contributed by atoms with Crippen molar-refractivity contribution in [3.8, 4) is 0 Å². The average Bonchev–Trinajstić information content (AvgIpc) is 2.10. The first-order valence-corrected chi connectivity index (χ1v) is 3.36. The summed E-state index contributed by atoms with van der Waals surface area (Å²) in [5, 5.41) is 0. The Morgan fingerprint density at radius 1 is 1.27 bits per heavy atom. The second kappa shape index (κ2) is 8.82. The molecule has 1 nitrogen and oxygen atoms in total. The molecular weight excluding hydrogens is 143 g/mol. The van der Waals surface area contributed by atoms with Crippen molar-refractivity contribution in [3.63, 3.8) is 0 Å². The zero-order valence-electron chi connectivity index (χ0n) is 6.93. The van der Waals surface area contributed by atoms with Crippen molar-refractivity contribution in [2.75, 3.05) is 0 Å². The summed E-state index contributed by atoms with van der Waals surface area (Å²) in [4.78, 5) is 9.92. The lowest BCUT2D eigenvalue weighted by atomic mass is 10.2. The van der Waals surface area contributed by atoms with E-state index in [-0.39, 0.29) is 5.57 Å². The number of rotatable bonds is 3. The van der Waals surface area contributed by atoms with Crippen LogP contribution in [0.3, 0.4) is 0 Å². The summed E-state index contributed by atoms with van der Waals surface area (Å²) >= 11 is 0. The molecule has 11 heavy (non-hydrogen) atoms. The Hall–Kier alpha value is -1.18. The molecule has 0 aromatic rings. The van der Waals surface area contributed by atoms with Crippen molar-refractivity contribution in [1.29, 1.82) is 0 Å². The van der Waals surface area contributed by atoms with Crippen molar-refractivity contribution in [2.45, 2.75) is 13.8 Å². The van der Waals surface area contributed by atoms with E-state index in [1.807, 2.05) is 13.8 Å². The summed E-state index contributed by atoms with van der Waals surface area (Å²) in [7, 11) is 0. The summed E-state index contributed by atoms with van der Waals surface area (Å²) in [5.41, 5.74) is -0.0648. The summed E-state index contributed by atoms with van der Waals surface area (Å²) in [6.45, 7) is 10.4. The Bertz CT molecular complexity index is 158. The minimum absolute atomic E-state index is 0.0648. The van der Waals surface area contributed by atoms with Crippen molar-refractivity contribution in [2.24, 2.45) is 0 Å². The van der Waals surface area contributed by atoms with Gasteiger partial charge >= 0.3 is 0 Å². The maximum atomic E-state index is 12.3. The fraction of sp³-hybridized carbons (Fsp3) is 0.222. The molecule has 0 atom stereocenters. The minimum Gasteiger partial charge on any atom is -0.298 e. The van der Waals surface area contributed by atoms with E-state index < -0.39 is 5.83 Å². The van der Waals surface area contributed by atoms with E-state index in [2.05, 4.69) is 13.2 Å². The molecule has 0 saturated heterocycles. The van der Waals surface area contributed by atoms with Gasteiger partial charge in [-0.1, -0.05) is 33.1 Å². The lowest BCUT2D eigenvalue weighted by Gasteiger charge is -1.86. The van der Waals surface area contributed by atoms with E-state index in [1.54, 1.807) is 0 Å². The van der Waals surface area contributed by atoms with Crippen LogP contribution < -0.4 is 0 Å². The van der Waals surface area contributed by atoms with Crippen molar-refractivity contribution >= 4 is 6.29 Å². The van der Waals surface area contributed by atoms with Gasteiger partial charge in [-0.05, 0) is 6.08 Å². The quantitative estimate of drug-likeness (QED) is 0.349. The van der Waals surface area contributed by atoms with E-state index in [1.165, 1.54) is 0 Å². The highest BCUT2D eigenvalue weighted by Gasteiger charge is 1.94. The maximum absolute atomic E-state index is 12.3. The highest BCUT2D eigenvalue weighted by Crippen LogP contribution is 2.04. The molecule has 0 aromatic carbocycles. The molecule has 0 N–H and O–H groups in total. The minimum atomic E-state index is -0.639. The van der Waals surface area contributed by atoms with Crippen LogP contribution in [-0.4, -0.2) is 6.29 Å². The Balaban J connectivity index is 0. The Morgan fingerprint density at radius 2 is 1.73 bits per heavy atom. The van der Waals surface area contributed by atoms with Gasteiger partial charge in [-0.3, -0.25) is 4.79 Å². The largest absolute Gasteiger partial charge is 0.298 e. The fourth-order valence-corrected chi connectivity index (χ4v) is 0.320. The molecule has 62 valence electrons. The van der Waals surface area contributed by atoms with Gasteiger partial charge in [0.1, 0.15) is 5.83 Å². The number of hydrogen-bond donors (Lipinski definition) is 0. The summed E-state index contributed by atoms with van der Waals surface area (Å²) in [5.74, 6) is -0.639. The predicted octanol–water partition coefficient (Wildman–Crippen LogP) is 2.81. The second-order valence-electron chi connectivity index (χ2n) is 1.33. The van der Waals surface area contributed by atoms with Gasteiger partial charge in [-0.25, -0.2) is 4.39 Å². The first-order chi connectivity index (χ1) is 5.26. The molecule has 0 aliphatic rings. The molecule has 0 amide bonds. The van der Waals surface area contributed by atoms with Crippen LogP contribution in [0.5, 0.6) is 0 Å². The van der Waals surface area contributed by atoms with E-state index in [9.17, 15) is 9.18 Å². The monoisotopic (exact) mass is 156 g/mol. The zero-order chi connectivity index (χ0) is 9.28. The van der Waals surface area contributed by atoms with Crippen molar-refractivity contribution in [1.82, 2.24) is 0 Å². The van der Waals surface area contributed by atoms with Gasteiger partial charge in [-0.2, -0.15) is 0 Å². The van der Waals surface area contributed by atoms with Crippen LogP contribution in [0.15, 0.2) is 36.7 Å². The molecule has 0 fully saturated rings. The molecule has 0 aliphatic carbocycles. The van der Waals surface area contributed by atoms with Gasteiger partial charge in [0.15, 0.2) is 6.29 Å². The molecule has 0 radical (unpaired) electrons. The SMILES string of the molecule is C=C/C(F)=C(\C=C)C=O.CC. The zero-order valence-corrected chi connectivity index (χ0v) is 6.93. The normalized spacial score (nSPS) is 10.1. The number of halogens is 1. The first kappa shape index (κ1) is 12.5. The molecule has 0 rings (SSSR count). The molecular formula is C9H13FO. The van der Waals surface area contributed by atoms with E-state index in [0.29, 0.717) is 6.29 Å². The van der Waals surface area contributed by atoms with Crippen LogP contribution >= 0.6 is 0 Å². The van der Waals surface area contributed by atoms with Crippen LogP contribution in [0, 0.1) is 0 Å². The van der Waals surface area contributed by atoms with Gasteiger partial charge in [0.2, 0.25) is 0 Å². The van der Waals surface area contributed by atoms with Gasteiger partial charge < -0.3 is 0 Å². The summed E-state index contributed by atoms with van der Waals surface area (Å²) in [6, 6.07) is 0. The van der Waals surface area contributed by atoms with Crippen molar-refractivity contribution < 1.29 is 9.18 Å². The van der Waals surface area contributed by atoms with Crippen LogP contribution in [0.25, 0.3) is 0 Å². The van der Waals surface area contributed by atoms with Crippen LogP contribution in [0.1, 0.15) is 13.8 Å². The summed E-state index contributed by atoms with van der Waals surface area (Å²) < 4.78 is 12.3. The van der Waals surface area contributed by atoms with Gasteiger partial charge in [-0.15, -0.1) is 0 Å². The lowest BCUT2D eigenvalue weighted by molar-refractivity contribution is -0.104. The standard InChI is InChI=1S/C7H7FO.C2H6/c1-3-6(5-9)7(8)4-2;1-2/h3-5H,1-2H2;1-2H3/b7-6-;. The number of allylic oxidation sites excluding steroid dienone is 4. The van der Waals surface area contributed by atoms with Crippen LogP contribution in [-0.2, 0) is 4.79 Å². The van der Waals surface area contributed by atoms with Crippen LogP contribution in [0.2, 0.25) is 0 Å². The Labute approximate surface area is 66.9 Å². The van der Waals surface area contributed by atoms with Gasteiger partial charge in [0, 0.05) is 5.57 Å². The molecule has 0 unspecified atom stereocenters. The maximum Gasteiger partial charge on any atom is 0.152 e. The molecule has 0 aliphatic heterocycles. The summed E-state index contributed by atoms with van der Waals surface area (Å²) in [6.07, 6.45) is 2.50. The van der Waals surface area contributed by atoms with Crippen LogP contribution in [0.4, 0.5) is 4.39 Å². The van der Waals surface area contributed by atoms with Crippen molar-refractivity contribution in [3.05, 3.63) is 36.7 Å². The van der Waals surface area contributed by atoms with Gasteiger partial charge in [0.05, 0.1) is 0 Å². The number of aldehydes is 1. The third kappa shape index (κ3) is 5.27. The Kier molecular flexibility index (Phi) is 10.0. The molecule has 0 heterocycles. The first-order valence-electron chi connectivity index (χ1n) is 3.36. The molecule has 0 aromatic heterocycles. The molecule has 0 spiro atoms. The van der Waals surface area contributed by atoms with E-state index in [0.717, 1.165) is 12.2 Å². The topological polar surface area (TPSA) is 17.1 Å². The smallest absolute Gasteiger partial charge is 0.152 e. The number of carbonyl (C=O) groups is 1. The highest BCUT2D eigenvalue weighted by molar-refractivity contribution is 5.78. The lowest BCUT2D eigenvalue weighted by Crippen LogP contribution is -1.80. The third-order valence-electron chi connectivity index (χ3n) is 0.802. The fourth-order valence-electron chi connectivity index (χ4n) is 0.320. The number of hydrogen-bond acceptors (Lipinski definition) is 1. The average molecular weight is 156 g/mol. The third-order valence-corrected chi connectivity index (χ3v) is 0.802. The molecule has 0 saturated carbocycles. The molecule has 0 bridgehead atoms. The Morgan fingerprint density at radius 3 is 1.82 bits per heavy atom. The predicted molar refractivity (Wildman–Crippen MR) is 45.9 cm³/mol. The van der Waals surface area contributed by atoms with E-state index in [4.69, 9.17) is 0 Å². The highest BCUT2D eigenvalue weighted by atomic mass is 19.1. The number of carbonyl (C=O) groups excluding carboxylic acids is 1. The van der Waals surface area contributed by atoms with Gasteiger partial charge in [0.25, 0.3) is 0 Å². The van der Waals surface area contributed by atoms with E-state index >= 15 is 0 Å².